The summed E-state index contributed by atoms with van der Waals surface area (Å²) in [5.41, 5.74) is 0.0535. The molecule has 0 spiro atoms. The van der Waals surface area contributed by atoms with Crippen LogP contribution in [0.4, 0.5) is 8.78 Å². The minimum absolute atomic E-state index is 0.194. The van der Waals surface area contributed by atoms with Gasteiger partial charge in [0.1, 0.15) is 0 Å². The number of carboxylic acid groups (broad SMARTS) is 1. The van der Waals surface area contributed by atoms with Crippen LogP contribution >= 0.6 is 0 Å². The van der Waals surface area contributed by atoms with Gasteiger partial charge in [0.25, 0.3) is 6.43 Å². The Kier molecular flexibility index (Phi) is 4.14. The third-order valence-corrected chi connectivity index (χ3v) is 2.12. The fraction of sp³-hybridized carbons (Fsp3) is 0.273. The van der Waals surface area contributed by atoms with E-state index in [1.54, 1.807) is 0 Å². The summed E-state index contributed by atoms with van der Waals surface area (Å²) in [4.78, 5) is 21.7. The molecule has 0 aliphatic carbocycles. The zero-order valence-corrected chi connectivity index (χ0v) is 8.98. The van der Waals surface area contributed by atoms with Crippen LogP contribution in [0, 0.1) is 0 Å². The summed E-state index contributed by atoms with van der Waals surface area (Å²) in [6.07, 6.45) is -2.60. The summed E-state index contributed by atoms with van der Waals surface area (Å²) < 4.78 is 24.6. The van der Waals surface area contributed by atoms with Gasteiger partial charge in [-0.15, -0.1) is 0 Å². The molecule has 0 aliphatic rings. The molecule has 0 aromatic heterocycles. The number of benzene rings is 1. The topological polar surface area (TPSA) is 66.4 Å². The van der Waals surface area contributed by atoms with Crippen LogP contribution in [0.15, 0.2) is 24.3 Å². The Hall–Kier alpha value is -1.98. The summed E-state index contributed by atoms with van der Waals surface area (Å²) in [7, 11) is 0. The molecule has 6 heteroatoms. The van der Waals surface area contributed by atoms with Crippen molar-refractivity contribution in [1.82, 2.24) is 5.32 Å². The molecule has 4 nitrogen and oxygen atoms in total. The highest BCUT2D eigenvalue weighted by Gasteiger charge is 2.20. The Morgan fingerprint density at radius 3 is 2.00 bits per heavy atom. The molecular weight excluding hydrogens is 232 g/mol. The molecule has 1 aromatic rings. The second kappa shape index (κ2) is 5.38. The number of hydrogen-bond donors (Lipinski definition) is 2. The smallest absolute Gasteiger partial charge is 0.330 e. The predicted octanol–water partition coefficient (Wildman–Crippen LogP) is 1.89. The van der Waals surface area contributed by atoms with Gasteiger partial charge in [-0.1, -0.05) is 24.3 Å². The van der Waals surface area contributed by atoms with E-state index in [2.05, 4.69) is 5.32 Å². The maximum absolute atomic E-state index is 12.3. The van der Waals surface area contributed by atoms with Gasteiger partial charge in [0.15, 0.2) is 6.04 Å². The Morgan fingerprint density at radius 1 is 1.18 bits per heavy atom. The molecule has 2 N–H and O–H groups in total. The predicted molar refractivity (Wildman–Crippen MR) is 55.6 cm³/mol. The lowest BCUT2D eigenvalue weighted by atomic mass is 10.0. The fourth-order valence-corrected chi connectivity index (χ4v) is 1.32. The summed E-state index contributed by atoms with van der Waals surface area (Å²) in [5, 5.41) is 11.1. The van der Waals surface area contributed by atoms with Crippen molar-refractivity contribution in [3.8, 4) is 0 Å². The number of hydrogen-bond acceptors (Lipinski definition) is 2. The minimum atomic E-state index is -2.60. The maximum Gasteiger partial charge on any atom is 0.330 e. The second-order valence-corrected chi connectivity index (χ2v) is 3.44. The summed E-state index contributed by atoms with van der Waals surface area (Å²) in [6.45, 7) is 1.18. The number of halogens is 2. The molecule has 0 radical (unpaired) electrons. The molecule has 1 rings (SSSR count). The van der Waals surface area contributed by atoms with Crippen molar-refractivity contribution < 1.29 is 23.5 Å². The van der Waals surface area contributed by atoms with E-state index in [9.17, 15) is 18.4 Å². The van der Waals surface area contributed by atoms with Crippen molar-refractivity contribution in [3.63, 3.8) is 0 Å². The molecule has 92 valence electrons. The van der Waals surface area contributed by atoms with E-state index in [0.717, 1.165) is 12.1 Å². The van der Waals surface area contributed by atoms with Crippen molar-refractivity contribution in [2.45, 2.75) is 19.4 Å². The lowest BCUT2D eigenvalue weighted by Gasteiger charge is -2.13. The molecular formula is C11H11F2NO3. The summed E-state index contributed by atoms with van der Waals surface area (Å²) >= 11 is 0. The monoisotopic (exact) mass is 243 g/mol. The van der Waals surface area contributed by atoms with Crippen molar-refractivity contribution in [2.75, 3.05) is 0 Å². The van der Waals surface area contributed by atoms with E-state index in [1.165, 1.54) is 19.1 Å². The van der Waals surface area contributed by atoms with Crippen LogP contribution in [0.25, 0.3) is 0 Å². The van der Waals surface area contributed by atoms with Crippen molar-refractivity contribution in [2.24, 2.45) is 0 Å². The minimum Gasteiger partial charge on any atom is -0.479 e. The van der Waals surface area contributed by atoms with Crippen molar-refractivity contribution >= 4 is 11.9 Å². The van der Waals surface area contributed by atoms with Gasteiger partial charge < -0.3 is 10.4 Å². The molecule has 0 bridgehead atoms. The molecule has 1 aromatic carbocycles. The van der Waals surface area contributed by atoms with Gasteiger partial charge in [0, 0.05) is 12.5 Å². The first-order valence-electron chi connectivity index (χ1n) is 4.79. The second-order valence-electron chi connectivity index (χ2n) is 3.44. The number of carbonyl (C=O) groups excluding carboxylic acids is 1. The largest absolute Gasteiger partial charge is 0.479 e. The standard InChI is InChI=1S/C11H11F2NO3/c1-6(15)14-9(11(16)17)7-2-4-8(5-3-7)10(12)13/h2-5,9-10H,1H3,(H,14,15)(H,16,17). The third kappa shape index (κ3) is 3.51. The molecule has 17 heavy (non-hydrogen) atoms. The number of amides is 1. The van der Waals surface area contributed by atoms with Crippen LogP contribution in [0.1, 0.15) is 30.5 Å². The highest BCUT2D eigenvalue weighted by Crippen LogP contribution is 2.21. The van der Waals surface area contributed by atoms with Gasteiger partial charge in [-0.2, -0.15) is 0 Å². The molecule has 0 heterocycles. The normalized spacial score (nSPS) is 12.2. The highest BCUT2D eigenvalue weighted by molar-refractivity contribution is 5.83. The van der Waals surface area contributed by atoms with Crippen LogP contribution in [0.5, 0.6) is 0 Å². The zero-order chi connectivity index (χ0) is 13.0. The number of nitrogens with one attached hydrogen (secondary N) is 1. The summed E-state index contributed by atoms with van der Waals surface area (Å²) in [5.74, 6) is -1.75. The Morgan fingerprint density at radius 2 is 1.65 bits per heavy atom. The van der Waals surface area contributed by atoms with Crippen LogP contribution in [-0.4, -0.2) is 17.0 Å². The molecule has 0 saturated heterocycles. The quantitative estimate of drug-likeness (QED) is 0.848. The van der Waals surface area contributed by atoms with Gasteiger partial charge in [-0.05, 0) is 5.56 Å². The number of rotatable bonds is 4. The van der Waals surface area contributed by atoms with Gasteiger partial charge in [-0.3, -0.25) is 4.79 Å². The average Bonchev–Trinajstić information content (AvgIpc) is 2.25. The van der Waals surface area contributed by atoms with E-state index >= 15 is 0 Å². The number of carboxylic acids is 1. The van der Waals surface area contributed by atoms with Gasteiger partial charge in [0.2, 0.25) is 5.91 Å². The number of aliphatic carboxylic acids is 1. The maximum atomic E-state index is 12.3. The average molecular weight is 243 g/mol. The van der Waals surface area contributed by atoms with Crippen LogP contribution in [-0.2, 0) is 9.59 Å². The van der Waals surface area contributed by atoms with Gasteiger partial charge in [0.05, 0.1) is 0 Å². The third-order valence-electron chi connectivity index (χ3n) is 2.12. The van der Waals surface area contributed by atoms with Gasteiger partial charge in [-0.25, -0.2) is 13.6 Å². The van der Waals surface area contributed by atoms with Gasteiger partial charge >= 0.3 is 5.97 Å². The van der Waals surface area contributed by atoms with E-state index in [-0.39, 0.29) is 11.1 Å². The first-order chi connectivity index (χ1) is 7.91. The number of alkyl halides is 2. The SMILES string of the molecule is CC(=O)NC(C(=O)O)c1ccc(C(F)F)cc1. The number of carbonyl (C=O) groups is 2. The van der Waals surface area contributed by atoms with E-state index in [1.807, 2.05) is 0 Å². The molecule has 1 unspecified atom stereocenters. The molecule has 0 fully saturated rings. The van der Waals surface area contributed by atoms with E-state index in [4.69, 9.17) is 5.11 Å². The zero-order valence-electron chi connectivity index (χ0n) is 8.98. The Labute approximate surface area is 96.3 Å². The fourth-order valence-electron chi connectivity index (χ4n) is 1.32. The van der Waals surface area contributed by atoms with Crippen molar-refractivity contribution in [3.05, 3.63) is 35.4 Å². The molecule has 1 atom stereocenters. The van der Waals surface area contributed by atoms with E-state index < -0.39 is 24.3 Å². The Bertz CT molecular complexity index is 417. The van der Waals surface area contributed by atoms with E-state index in [0.29, 0.717) is 0 Å². The molecule has 0 saturated carbocycles. The van der Waals surface area contributed by atoms with Crippen LogP contribution < -0.4 is 5.32 Å². The first-order valence-corrected chi connectivity index (χ1v) is 4.79. The molecule has 0 aliphatic heterocycles. The molecule has 1 amide bonds. The summed E-state index contributed by atoms with van der Waals surface area (Å²) in [6, 6.07) is 3.57. The lowest BCUT2D eigenvalue weighted by Crippen LogP contribution is -2.31. The van der Waals surface area contributed by atoms with Crippen LogP contribution in [0.2, 0.25) is 0 Å². The first kappa shape index (κ1) is 13.1. The van der Waals surface area contributed by atoms with Crippen LogP contribution in [0.3, 0.4) is 0 Å². The van der Waals surface area contributed by atoms with Crippen molar-refractivity contribution in [1.29, 1.82) is 0 Å². The lowest BCUT2D eigenvalue weighted by molar-refractivity contribution is -0.141. The highest BCUT2D eigenvalue weighted by atomic mass is 19.3. The Balaban J connectivity index is 2.95.